The van der Waals surface area contributed by atoms with Gasteiger partial charge in [0.2, 0.25) is 5.91 Å². The maximum atomic E-state index is 13.4. The normalized spacial score (nSPS) is 12.0. The van der Waals surface area contributed by atoms with Crippen molar-refractivity contribution in [2.45, 2.75) is 18.9 Å². The molecule has 19 heavy (non-hydrogen) atoms. The Labute approximate surface area is 112 Å². The van der Waals surface area contributed by atoms with E-state index in [4.69, 9.17) is 22.4 Å². The number of carbonyl (C=O) groups excluding carboxylic acids is 1. The molecule has 1 aromatic carbocycles. The molecule has 0 spiro atoms. The van der Waals surface area contributed by atoms with Gasteiger partial charge in [-0.1, -0.05) is 11.6 Å². The molecule has 0 fully saturated rings. The number of aliphatic carboxylic acids is 1. The van der Waals surface area contributed by atoms with Gasteiger partial charge >= 0.3 is 5.97 Å². The Morgan fingerprint density at radius 1 is 1.42 bits per heavy atom. The monoisotopic (exact) mass is 292 g/mol. The van der Waals surface area contributed by atoms with Crippen molar-refractivity contribution in [2.75, 3.05) is 5.32 Å². The van der Waals surface area contributed by atoms with Crippen LogP contribution in [0.5, 0.6) is 0 Å². The van der Waals surface area contributed by atoms with Gasteiger partial charge in [-0.25, -0.2) is 8.78 Å². The van der Waals surface area contributed by atoms with E-state index in [1.807, 2.05) is 0 Å². The predicted molar refractivity (Wildman–Crippen MR) is 64.8 cm³/mol. The number of carboxylic acid groups (broad SMARTS) is 1. The maximum Gasteiger partial charge on any atom is 0.303 e. The molecule has 1 atom stereocenters. The molecule has 1 aromatic rings. The topological polar surface area (TPSA) is 92.4 Å². The second-order valence-electron chi connectivity index (χ2n) is 3.77. The summed E-state index contributed by atoms with van der Waals surface area (Å²) in [6.45, 7) is 0. The van der Waals surface area contributed by atoms with Crippen LogP contribution in [0.1, 0.15) is 12.8 Å². The number of nitrogens with two attached hydrogens (primary N) is 1. The molecule has 0 aliphatic rings. The van der Waals surface area contributed by atoms with Crippen LogP contribution in [-0.2, 0) is 9.59 Å². The Morgan fingerprint density at radius 3 is 2.58 bits per heavy atom. The molecule has 0 bridgehead atoms. The van der Waals surface area contributed by atoms with Gasteiger partial charge in [0.1, 0.15) is 5.82 Å². The summed E-state index contributed by atoms with van der Waals surface area (Å²) in [5.41, 5.74) is 5.04. The molecular weight excluding hydrogens is 282 g/mol. The number of amides is 1. The Morgan fingerprint density at radius 2 is 2.05 bits per heavy atom. The number of carbonyl (C=O) groups is 2. The Balaban J connectivity index is 2.74. The lowest BCUT2D eigenvalue weighted by Crippen LogP contribution is -2.36. The number of carboxylic acids is 1. The summed E-state index contributed by atoms with van der Waals surface area (Å²) in [6.07, 6.45) is -0.407. The molecule has 0 aliphatic heterocycles. The fourth-order valence-electron chi connectivity index (χ4n) is 1.29. The smallest absolute Gasteiger partial charge is 0.303 e. The van der Waals surface area contributed by atoms with Gasteiger partial charge in [0, 0.05) is 12.5 Å². The van der Waals surface area contributed by atoms with Gasteiger partial charge < -0.3 is 16.2 Å². The van der Waals surface area contributed by atoms with Crippen LogP contribution in [0.3, 0.4) is 0 Å². The third kappa shape index (κ3) is 4.46. The van der Waals surface area contributed by atoms with E-state index in [0.717, 1.165) is 6.07 Å². The van der Waals surface area contributed by atoms with Crippen LogP contribution in [-0.4, -0.2) is 23.0 Å². The quantitative estimate of drug-likeness (QED) is 0.771. The van der Waals surface area contributed by atoms with Crippen LogP contribution in [0.4, 0.5) is 14.5 Å². The molecule has 0 aromatic heterocycles. The van der Waals surface area contributed by atoms with Gasteiger partial charge in [-0.15, -0.1) is 0 Å². The highest BCUT2D eigenvalue weighted by Crippen LogP contribution is 2.26. The first-order chi connectivity index (χ1) is 8.81. The third-order valence-corrected chi connectivity index (χ3v) is 2.56. The van der Waals surface area contributed by atoms with E-state index >= 15 is 0 Å². The number of hydrogen-bond donors (Lipinski definition) is 3. The number of benzene rings is 1. The van der Waals surface area contributed by atoms with E-state index in [1.54, 1.807) is 0 Å². The molecule has 0 saturated carbocycles. The van der Waals surface area contributed by atoms with Crippen molar-refractivity contribution in [1.82, 2.24) is 0 Å². The molecule has 0 radical (unpaired) electrons. The molecule has 8 heteroatoms. The lowest BCUT2D eigenvalue weighted by atomic mass is 10.1. The van der Waals surface area contributed by atoms with Gasteiger partial charge in [-0.2, -0.15) is 0 Å². The van der Waals surface area contributed by atoms with Crippen molar-refractivity contribution in [2.24, 2.45) is 5.73 Å². The second-order valence-corrected chi connectivity index (χ2v) is 4.18. The summed E-state index contributed by atoms with van der Waals surface area (Å²) in [4.78, 5) is 21.9. The van der Waals surface area contributed by atoms with Crippen LogP contribution < -0.4 is 11.1 Å². The van der Waals surface area contributed by atoms with E-state index in [9.17, 15) is 18.4 Å². The zero-order valence-electron chi connectivity index (χ0n) is 9.62. The van der Waals surface area contributed by atoms with Crippen LogP contribution in [0.2, 0.25) is 5.02 Å². The first kappa shape index (κ1) is 15.3. The molecule has 0 heterocycles. The molecule has 4 N–H and O–H groups in total. The minimum absolute atomic E-state index is 0.110. The van der Waals surface area contributed by atoms with E-state index < -0.39 is 29.6 Å². The van der Waals surface area contributed by atoms with Crippen molar-refractivity contribution in [1.29, 1.82) is 0 Å². The highest BCUT2D eigenvalue weighted by atomic mass is 35.5. The summed E-state index contributed by atoms with van der Waals surface area (Å²) in [6, 6.07) is 0.268. The minimum atomic E-state index is -1.13. The number of halogens is 3. The van der Waals surface area contributed by atoms with Crippen LogP contribution in [0, 0.1) is 11.6 Å². The predicted octanol–water partition coefficient (Wildman–Crippen LogP) is 1.75. The molecule has 0 aliphatic carbocycles. The molecule has 0 saturated heterocycles. The van der Waals surface area contributed by atoms with Crippen molar-refractivity contribution in [3.8, 4) is 0 Å². The molecule has 1 amide bonds. The van der Waals surface area contributed by atoms with Gasteiger partial charge in [0.15, 0.2) is 5.82 Å². The fraction of sp³-hybridized carbons (Fsp3) is 0.273. The molecule has 1 unspecified atom stereocenters. The SMILES string of the molecule is NC(CCC(=O)O)C(=O)Nc1c(F)cc(F)cc1Cl. The fourth-order valence-corrected chi connectivity index (χ4v) is 1.53. The van der Waals surface area contributed by atoms with Crippen molar-refractivity contribution in [3.05, 3.63) is 28.8 Å². The largest absolute Gasteiger partial charge is 0.481 e. The van der Waals surface area contributed by atoms with Crippen LogP contribution in [0.25, 0.3) is 0 Å². The third-order valence-electron chi connectivity index (χ3n) is 2.26. The maximum absolute atomic E-state index is 13.4. The average Bonchev–Trinajstić information content (AvgIpc) is 2.30. The van der Waals surface area contributed by atoms with Crippen molar-refractivity contribution < 1.29 is 23.5 Å². The Bertz CT molecular complexity index is 488. The summed E-state index contributed by atoms with van der Waals surface area (Å²) < 4.78 is 26.2. The molecule has 104 valence electrons. The lowest BCUT2D eigenvalue weighted by molar-refractivity contribution is -0.137. The summed E-state index contributed by atoms with van der Waals surface area (Å²) >= 11 is 5.58. The van der Waals surface area contributed by atoms with E-state index in [0.29, 0.717) is 6.07 Å². The van der Waals surface area contributed by atoms with Gasteiger partial charge in [-0.05, 0) is 12.5 Å². The van der Waals surface area contributed by atoms with Crippen LogP contribution in [0.15, 0.2) is 12.1 Å². The summed E-state index contributed by atoms with van der Waals surface area (Å²) in [5, 5.41) is 10.2. The minimum Gasteiger partial charge on any atom is -0.481 e. The number of hydrogen-bond acceptors (Lipinski definition) is 3. The first-order valence-corrected chi connectivity index (χ1v) is 5.62. The van der Waals surface area contributed by atoms with E-state index in [1.165, 1.54) is 0 Å². The Hall–Kier alpha value is -1.73. The van der Waals surface area contributed by atoms with E-state index in [-0.39, 0.29) is 23.6 Å². The number of anilines is 1. The van der Waals surface area contributed by atoms with Crippen molar-refractivity contribution in [3.63, 3.8) is 0 Å². The Kier molecular flexibility index (Phi) is 5.20. The summed E-state index contributed by atoms with van der Waals surface area (Å²) in [5.74, 6) is -3.82. The average molecular weight is 293 g/mol. The van der Waals surface area contributed by atoms with Gasteiger partial charge in [-0.3, -0.25) is 9.59 Å². The zero-order valence-corrected chi connectivity index (χ0v) is 10.4. The highest BCUT2D eigenvalue weighted by molar-refractivity contribution is 6.33. The standard InChI is InChI=1S/C11H11ClF2N2O3/c12-6-3-5(13)4-7(14)10(6)16-11(19)8(15)1-2-9(17)18/h3-4,8H,1-2,15H2,(H,16,19)(H,17,18). The summed E-state index contributed by atoms with van der Waals surface area (Å²) in [7, 11) is 0. The van der Waals surface area contributed by atoms with E-state index in [2.05, 4.69) is 5.32 Å². The number of nitrogens with one attached hydrogen (secondary N) is 1. The molecular formula is C11H11ClF2N2O3. The molecule has 5 nitrogen and oxygen atoms in total. The van der Waals surface area contributed by atoms with Crippen LogP contribution >= 0.6 is 11.6 Å². The van der Waals surface area contributed by atoms with Crippen molar-refractivity contribution >= 4 is 29.2 Å². The highest BCUT2D eigenvalue weighted by Gasteiger charge is 2.18. The van der Waals surface area contributed by atoms with Gasteiger partial charge in [0.25, 0.3) is 0 Å². The number of rotatable bonds is 5. The van der Waals surface area contributed by atoms with Gasteiger partial charge in [0.05, 0.1) is 16.8 Å². The first-order valence-electron chi connectivity index (χ1n) is 5.24. The molecule has 1 rings (SSSR count). The lowest BCUT2D eigenvalue weighted by Gasteiger charge is -2.13. The zero-order chi connectivity index (χ0) is 14.6. The second kappa shape index (κ2) is 6.44.